The van der Waals surface area contributed by atoms with Crippen molar-refractivity contribution in [1.29, 1.82) is 0 Å². The predicted molar refractivity (Wildman–Crippen MR) is 71.9 cm³/mol. The third-order valence-corrected chi connectivity index (χ3v) is 2.77. The molecule has 0 spiro atoms. The fourth-order valence-corrected chi connectivity index (χ4v) is 2.17. The number of aryl methyl sites for hydroxylation is 2. The summed E-state index contributed by atoms with van der Waals surface area (Å²) in [6.45, 7) is 10.4. The molecule has 0 aliphatic heterocycles. The van der Waals surface area contributed by atoms with Crippen LogP contribution in [0.5, 0.6) is 0 Å². The predicted octanol–water partition coefficient (Wildman–Crippen LogP) is 3.40. The van der Waals surface area contributed by atoms with E-state index in [4.69, 9.17) is 0 Å². The second kappa shape index (κ2) is 5.86. The first-order chi connectivity index (χ1) is 7.51. The summed E-state index contributed by atoms with van der Waals surface area (Å²) in [5.74, 6) is 0. The molecule has 0 aliphatic rings. The molecule has 0 radical (unpaired) electrons. The molecular formula is C15H23N. The van der Waals surface area contributed by atoms with Crippen LogP contribution >= 0.6 is 0 Å². The van der Waals surface area contributed by atoms with Gasteiger partial charge in [0.25, 0.3) is 0 Å². The molecule has 0 saturated carbocycles. The monoisotopic (exact) mass is 217 g/mol. The van der Waals surface area contributed by atoms with Crippen LogP contribution in [0.3, 0.4) is 0 Å². The topological polar surface area (TPSA) is 12.0 Å². The van der Waals surface area contributed by atoms with Crippen molar-refractivity contribution in [3.05, 3.63) is 47.0 Å². The van der Waals surface area contributed by atoms with E-state index in [-0.39, 0.29) is 0 Å². The molecule has 0 saturated heterocycles. The number of benzene rings is 1. The highest BCUT2D eigenvalue weighted by Crippen LogP contribution is 2.13. The van der Waals surface area contributed by atoms with E-state index < -0.39 is 0 Å². The third kappa shape index (κ3) is 4.19. The molecule has 1 aromatic carbocycles. The maximum atomic E-state index is 3.98. The molecule has 1 aromatic rings. The van der Waals surface area contributed by atoms with Crippen molar-refractivity contribution in [3.63, 3.8) is 0 Å². The van der Waals surface area contributed by atoms with E-state index in [0.717, 1.165) is 12.8 Å². The fourth-order valence-electron chi connectivity index (χ4n) is 2.17. The first kappa shape index (κ1) is 13.0. The fraction of sp³-hybridized carbons (Fsp3) is 0.467. The Morgan fingerprint density at radius 2 is 1.81 bits per heavy atom. The van der Waals surface area contributed by atoms with Gasteiger partial charge in [0.15, 0.2) is 0 Å². The number of rotatable bonds is 5. The van der Waals surface area contributed by atoms with Crippen LogP contribution < -0.4 is 5.32 Å². The van der Waals surface area contributed by atoms with Gasteiger partial charge in [-0.25, -0.2) is 0 Å². The van der Waals surface area contributed by atoms with Crippen LogP contribution in [0.25, 0.3) is 0 Å². The van der Waals surface area contributed by atoms with E-state index in [1.807, 2.05) is 7.05 Å². The summed E-state index contributed by atoms with van der Waals surface area (Å²) in [5, 5.41) is 3.36. The van der Waals surface area contributed by atoms with Crippen LogP contribution in [0.1, 0.15) is 30.0 Å². The summed E-state index contributed by atoms with van der Waals surface area (Å²) in [6.07, 6.45) is 2.12. The molecule has 88 valence electrons. The number of hydrogen-bond donors (Lipinski definition) is 1. The second-order valence-corrected chi connectivity index (χ2v) is 4.85. The molecule has 1 heteroatoms. The maximum absolute atomic E-state index is 3.98. The van der Waals surface area contributed by atoms with E-state index in [1.54, 1.807) is 0 Å². The second-order valence-electron chi connectivity index (χ2n) is 4.85. The highest BCUT2D eigenvalue weighted by Gasteiger charge is 2.07. The molecule has 1 rings (SSSR count). The first-order valence-electron chi connectivity index (χ1n) is 5.90. The van der Waals surface area contributed by atoms with E-state index >= 15 is 0 Å². The Morgan fingerprint density at radius 3 is 2.25 bits per heavy atom. The molecule has 1 nitrogen and oxygen atoms in total. The molecular weight excluding hydrogens is 194 g/mol. The molecule has 0 bridgehead atoms. The average molecular weight is 217 g/mol. The lowest BCUT2D eigenvalue weighted by Crippen LogP contribution is -2.27. The minimum absolute atomic E-state index is 0.499. The zero-order valence-electron chi connectivity index (χ0n) is 10.9. The van der Waals surface area contributed by atoms with E-state index in [0.29, 0.717) is 6.04 Å². The molecule has 16 heavy (non-hydrogen) atoms. The molecule has 0 heterocycles. The summed E-state index contributed by atoms with van der Waals surface area (Å²) in [7, 11) is 2.02. The van der Waals surface area contributed by atoms with Gasteiger partial charge < -0.3 is 5.32 Å². The van der Waals surface area contributed by atoms with Crippen molar-refractivity contribution < 1.29 is 0 Å². The molecule has 0 aromatic heterocycles. The highest BCUT2D eigenvalue weighted by atomic mass is 14.9. The van der Waals surface area contributed by atoms with E-state index in [1.165, 1.54) is 22.3 Å². The summed E-state index contributed by atoms with van der Waals surface area (Å²) in [6, 6.07) is 7.26. The lowest BCUT2D eigenvalue weighted by Gasteiger charge is -2.17. The van der Waals surface area contributed by atoms with Gasteiger partial charge in [-0.05, 0) is 46.2 Å². The smallest absolute Gasteiger partial charge is 0.0141 e. The van der Waals surface area contributed by atoms with Crippen molar-refractivity contribution in [1.82, 2.24) is 5.32 Å². The number of nitrogens with one attached hydrogen (secondary N) is 1. The van der Waals surface area contributed by atoms with Gasteiger partial charge in [0.1, 0.15) is 0 Å². The normalized spacial score (nSPS) is 12.5. The minimum atomic E-state index is 0.499. The van der Waals surface area contributed by atoms with E-state index in [9.17, 15) is 0 Å². The van der Waals surface area contributed by atoms with Crippen molar-refractivity contribution in [2.75, 3.05) is 7.05 Å². The van der Waals surface area contributed by atoms with Crippen molar-refractivity contribution in [2.24, 2.45) is 0 Å². The zero-order chi connectivity index (χ0) is 12.1. The van der Waals surface area contributed by atoms with Gasteiger partial charge in [0, 0.05) is 6.04 Å². The standard InChI is InChI=1S/C15H23N/c1-11(2)6-15(16-5)10-14-8-12(3)7-13(4)9-14/h7-9,15-16H,1,6,10H2,2-5H3. The Balaban J connectivity index is 2.73. The molecule has 1 N–H and O–H groups in total. The van der Waals surface area contributed by atoms with Gasteiger partial charge in [0.05, 0.1) is 0 Å². The first-order valence-corrected chi connectivity index (χ1v) is 5.90. The Hall–Kier alpha value is -1.08. The van der Waals surface area contributed by atoms with Gasteiger partial charge >= 0.3 is 0 Å². The van der Waals surface area contributed by atoms with Gasteiger partial charge in [-0.15, -0.1) is 6.58 Å². The summed E-state index contributed by atoms with van der Waals surface area (Å²) in [5.41, 5.74) is 5.35. The Morgan fingerprint density at radius 1 is 1.25 bits per heavy atom. The molecule has 1 atom stereocenters. The molecule has 0 amide bonds. The van der Waals surface area contributed by atoms with E-state index in [2.05, 4.69) is 50.9 Å². The SMILES string of the molecule is C=C(C)CC(Cc1cc(C)cc(C)c1)NC. The quantitative estimate of drug-likeness (QED) is 0.745. The van der Waals surface area contributed by atoms with Crippen molar-refractivity contribution >= 4 is 0 Å². The van der Waals surface area contributed by atoms with Crippen LogP contribution in [-0.4, -0.2) is 13.1 Å². The average Bonchev–Trinajstić information content (AvgIpc) is 2.14. The Labute approximate surface area is 99.6 Å². The number of hydrogen-bond acceptors (Lipinski definition) is 1. The van der Waals surface area contributed by atoms with Gasteiger partial charge in [-0.1, -0.05) is 34.9 Å². The summed E-state index contributed by atoms with van der Waals surface area (Å²) < 4.78 is 0. The summed E-state index contributed by atoms with van der Waals surface area (Å²) >= 11 is 0. The Kier molecular flexibility index (Phi) is 4.75. The van der Waals surface area contributed by atoms with Gasteiger partial charge in [0.2, 0.25) is 0 Å². The third-order valence-electron chi connectivity index (χ3n) is 2.77. The lowest BCUT2D eigenvalue weighted by atomic mass is 9.98. The summed E-state index contributed by atoms with van der Waals surface area (Å²) in [4.78, 5) is 0. The van der Waals surface area contributed by atoms with Gasteiger partial charge in [-0.2, -0.15) is 0 Å². The molecule has 0 aliphatic carbocycles. The zero-order valence-corrected chi connectivity index (χ0v) is 10.9. The van der Waals surface area contributed by atoms with Crippen LogP contribution in [0.2, 0.25) is 0 Å². The van der Waals surface area contributed by atoms with Crippen LogP contribution in [-0.2, 0) is 6.42 Å². The largest absolute Gasteiger partial charge is 0.316 e. The van der Waals surface area contributed by atoms with Crippen LogP contribution in [0.4, 0.5) is 0 Å². The Bertz CT molecular complexity index is 345. The minimum Gasteiger partial charge on any atom is -0.316 e. The molecule has 0 fully saturated rings. The highest BCUT2D eigenvalue weighted by molar-refractivity contribution is 5.29. The van der Waals surface area contributed by atoms with Crippen LogP contribution in [0, 0.1) is 13.8 Å². The lowest BCUT2D eigenvalue weighted by molar-refractivity contribution is 0.554. The van der Waals surface area contributed by atoms with Gasteiger partial charge in [-0.3, -0.25) is 0 Å². The van der Waals surface area contributed by atoms with Crippen LogP contribution in [0.15, 0.2) is 30.4 Å². The maximum Gasteiger partial charge on any atom is 0.0141 e. The van der Waals surface area contributed by atoms with Crippen molar-refractivity contribution in [3.8, 4) is 0 Å². The van der Waals surface area contributed by atoms with Crippen molar-refractivity contribution in [2.45, 2.75) is 39.7 Å². The number of likely N-dealkylation sites (N-methyl/N-ethyl adjacent to an activating group) is 1. The molecule has 1 unspecified atom stereocenters.